The number of rotatable bonds is 14. The second kappa shape index (κ2) is 13.8. The fourth-order valence-corrected chi connectivity index (χ4v) is 3.22. The van der Waals surface area contributed by atoms with Gasteiger partial charge in [-0.2, -0.15) is 0 Å². The van der Waals surface area contributed by atoms with Gasteiger partial charge in [0.1, 0.15) is 6.42 Å². The predicted octanol–water partition coefficient (Wildman–Crippen LogP) is 1.88. The van der Waals surface area contributed by atoms with Crippen molar-refractivity contribution < 1.29 is 28.7 Å². The summed E-state index contributed by atoms with van der Waals surface area (Å²) in [7, 11) is 3.26. The summed E-state index contributed by atoms with van der Waals surface area (Å²) in [5.74, 6) is -0.442. The summed E-state index contributed by atoms with van der Waals surface area (Å²) in [5.41, 5.74) is 1.39. The van der Waals surface area contributed by atoms with Crippen LogP contribution in [-0.4, -0.2) is 87.0 Å². The van der Waals surface area contributed by atoms with Crippen LogP contribution in [0.15, 0.2) is 24.3 Å². The first-order valence-electron chi connectivity index (χ1n) is 11.8. The van der Waals surface area contributed by atoms with Gasteiger partial charge >= 0.3 is 0 Å². The average Bonchev–Trinajstić information content (AvgIpc) is 2.79. The Bertz CT molecular complexity index is 840. The number of benzene rings is 1. The molecule has 9 nitrogen and oxygen atoms in total. The van der Waals surface area contributed by atoms with Gasteiger partial charge < -0.3 is 19.3 Å². The molecule has 0 spiro atoms. The van der Waals surface area contributed by atoms with Gasteiger partial charge in [-0.25, -0.2) is 0 Å². The SMILES string of the molecule is CC(C)COCCCOCCN(C)C(=O)CC(=O)N(C)c1ccc(CC(=O)N2CCC2=O)cc1. The van der Waals surface area contributed by atoms with Crippen LogP contribution >= 0.6 is 0 Å². The molecule has 188 valence electrons. The van der Waals surface area contributed by atoms with E-state index in [1.54, 1.807) is 38.4 Å². The third kappa shape index (κ3) is 8.87. The highest BCUT2D eigenvalue weighted by Crippen LogP contribution is 2.17. The first kappa shape index (κ1) is 27.5. The Kier molecular flexibility index (Phi) is 11.2. The van der Waals surface area contributed by atoms with Crippen molar-refractivity contribution >= 4 is 29.3 Å². The van der Waals surface area contributed by atoms with E-state index in [1.165, 1.54) is 14.7 Å². The summed E-state index contributed by atoms with van der Waals surface area (Å²) in [5, 5.41) is 0. The zero-order valence-corrected chi connectivity index (χ0v) is 20.7. The third-order valence-corrected chi connectivity index (χ3v) is 5.53. The number of likely N-dealkylation sites (N-methyl/N-ethyl adjacent to an activating group) is 1. The van der Waals surface area contributed by atoms with Crippen molar-refractivity contribution in [3.8, 4) is 0 Å². The monoisotopic (exact) mass is 475 g/mol. The molecule has 1 aliphatic heterocycles. The molecule has 0 N–H and O–H groups in total. The van der Waals surface area contributed by atoms with E-state index in [1.807, 2.05) is 0 Å². The Labute approximate surface area is 202 Å². The minimum Gasteiger partial charge on any atom is -0.381 e. The fraction of sp³-hybridized carbons (Fsp3) is 0.600. The molecule has 0 radical (unpaired) electrons. The van der Waals surface area contributed by atoms with Gasteiger partial charge in [-0.1, -0.05) is 26.0 Å². The molecule has 0 bridgehead atoms. The third-order valence-electron chi connectivity index (χ3n) is 5.53. The summed E-state index contributed by atoms with van der Waals surface area (Å²) >= 11 is 0. The van der Waals surface area contributed by atoms with Gasteiger partial charge in [0, 0.05) is 59.1 Å². The van der Waals surface area contributed by atoms with Crippen molar-refractivity contribution in [2.45, 2.75) is 39.5 Å². The molecule has 2 rings (SSSR count). The van der Waals surface area contributed by atoms with Crippen molar-refractivity contribution in [2.75, 3.05) is 58.5 Å². The molecule has 1 aromatic rings. The van der Waals surface area contributed by atoms with Gasteiger partial charge in [0.2, 0.25) is 23.6 Å². The molecule has 9 heteroatoms. The van der Waals surface area contributed by atoms with Crippen molar-refractivity contribution in [3.63, 3.8) is 0 Å². The van der Waals surface area contributed by atoms with E-state index in [4.69, 9.17) is 9.47 Å². The number of carbonyl (C=O) groups is 4. The van der Waals surface area contributed by atoms with Crippen LogP contribution in [0.25, 0.3) is 0 Å². The molecule has 0 unspecified atom stereocenters. The first-order chi connectivity index (χ1) is 16.2. The lowest BCUT2D eigenvalue weighted by molar-refractivity contribution is -0.152. The largest absolute Gasteiger partial charge is 0.381 e. The second-order valence-corrected chi connectivity index (χ2v) is 8.91. The Morgan fingerprint density at radius 1 is 1.00 bits per heavy atom. The van der Waals surface area contributed by atoms with Crippen LogP contribution < -0.4 is 4.90 Å². The number of ether oxygens (including phenoxy) is 2. The normalized spacial score (nSPS) is 13.1. The first-order valence-corrected chi connectivity index (χ1v) is 11.8. The summed E-state index contributed by atoms with van der Waals surface area (Å²) in [6.07, 6.45) is 1.12. The van der Waals surface area contributed by atoms with Gasteiger partial charge in [0.15, 0.2) is 0 Å². The lowest BCUT2D eigenvalue weighted by Crippen LogP contribution is -2.48. The molecular formula is C25H37N3O6. The molecule has 1 aromatic carbocycles. The molecule has 1 aliphatic rings. The van der Waals surface area contributed by atoms with Gasteiger partial charge in [-0.05, 0) is 30.0 Å². The van der Waals surface area contributed by atoms with E-state index in [2.05, 4.69) is 13.8 Å². The minimum atomic E-state index is -0.324. The molecular weight excluding hydrogens is 438 g/mol. The zero-order valence-electron chi connectivity index (χ0n) is 20.7. The number of hydrogen-bond acceptors (Lipinski definition) is 6. The minimum absolute atomic E-state index is 0.139. The van der Waals surface area contributed by atoms with Crippen molar-refractivity contribution in [2.24, 2.45) is 5.92 Å². The van der Waals surface area contributed by atoms with E-state index in [-0.39, 0.29) is 36.5 Å². The topological polar surface area (TPSA) is 96.5 Å². The van der Waals surface area contributed by atoms with Gasteiger partial charge in [0.25, 0.3) is 0 Å². The van der Waals surface area contributed by atoms with E-state index in [0.29, 0.717) is 50.9 Å². The summed E-state index contributed by atoms with van der Waals surface area (Å²) in [4.78, 5) is 52.6. The lowest BCUT2D eigenvalue weighted by Gasteiger charge is -2.28. The van der Waals surface area contributed by atoms with Crippen LogP contribution in [0.1, 0.15) is 38.7 Å². The van der Waals surface area contributed by atoms with Crippen LogP contribution in [0, 0.1) is 5.92 Å². The highest BCUT2D eigenvalue weighted by molar-refractivity contribution is 6.04. The Morgan fingerprint density at radius 3 is 2.26 bits per heavy atom. The number of amides is 4. The number of likely N-dealkylation sites (tertiary alicyclic amines) is 1. The zero-order chi connectivity index (χ0) is 25.1. The van der Waals surface area contributed by atoms with Crippen molar-refractivity contribution in [1.29, 1.82) is 0 Å². The standard InChI is InChI=1S/C25H37N3O6/c1-19(2)18-34-14-5-13-33-15-12-26(3)23(30)17-24(31)27(4)21-8-6-20(7-9-21)16-25(32)28-11-10-22(28)29/h6-9,19H,5,10-18H2,1-4H3. The van der Waals surface area contributed by atoms with Crippen LogP contribution in [-0.2, 0) is 35.1 Å². The number of carbonyl (C=O) groups excluding carboxylic acids is 4. The number of imide groups is 1. The van der Waals surface area contributed by atoms with Crippen molar-refractivity contribution in [3.05, 3.63) is 29.8 Å². The molecule has 1 fully saturated rings. The van der Waals surface area contributed by atoms with E-state index in [0.717, 1.165) is 18.6 Å². The summed E-state index contributed by atoms with van der Waals surface area (Å²) in [6, 6.07) is 6.96. The van der Waals surface area contributed by atoms with Crippen LogP contribution in [0.5, 0.6) is 0 Å². The number of nitrogens with zero attached hydrogens (tertiary/aromatic N) is 3. The Hall–Kier alpha value is -2.78. The smallest absolute Gasteiger partial charge is 0.236 e. The number of β-lactam (4-membered cyclic amide) rings is 1. The van der Waals surface area contributed by atoms with E-state index < -0.39 is 0 Å². The van der Waals surface area contributed by atoms with E-state index >= 15 is 0 Å². The molecule has 1 saturated heterocycles. The van der Waals surface area contributed by atoms with Crippen molar-refractivity contribution in [1.82, 2.24) is 9.80 Å². The molecule has 0 saturated carbocycles. The molecule has 0 aromatic heterocycles. The second-order valence-electron chi connectivity index (χ2n) is 8.91. The lowest BCUT2D eigenvalue weighted by atomic mass is 10.1. The predicted molar refractivity (Wildman–Crippen MR) is 128 cm³/mol. The molecule has 0 aliphatic carbocycles. The molecule has 4 amide bonds. The Morgan fingerprint density at radius 2 is 1.68 bits per heavy atom. The maximum absolute atomic E-state index is 12.6. The quantitative estimate of drug-likeness (QED) is 0.232. The van der Waals surface area contributed by atoms with Gasteiger partial charge in [0.05, 0.1) is 13.0 Å². The Balaban J connectivity index is 1.68. The number of hydrogen-bond donors (Lipinski definition) is 0. The molecule has 1 heterocycles. The summed E-state index contributed by atoms with van der Waals surface area (Å²) < 4.78 is 11.0. The molecule has 34 heavy (non-hydrogen) atoms. The van der Waals surface area contributed by atoms with Crippen LogP contribution in [0.4, 0.5) is 5.69 Å². The van der Waals surface area contributed by atoms with Gasteiger partial charge in [-0.15, -0.1) is 0 Å². The van der Waals surface area contributed by atoms with E-state index in [9.17, 15) is 19.2 Å². The summed E-state index contributed by atoms with van der Waals surface area (Å²) in [6.45, 7) is 7.46. The highest BCUT2D eigenvalue weighted by atomic mass is 16.5. The van der Waals surface area contributed by atoms with Gasteiger partial charge in [-0.3, -0.25) is 24.1 Å². The maximum atomic E-state index is 12.6. The number of anilines is 1. The fourth-order valence-electron chi connectivity index (χ4n) is 3.22. The van der Waals surface area contributed by atoms with Crippen LogP contribution in [0.3, 0.4) is 0 Å². The average molecular weight is 476 g/mol. The highest BCUT2D eigenvalue weighted by Gasteiger charge is 2.29. The van der Waals surface area contributed by atoms with Crippen LogP contribution in [0.2, 0.25) is 0 Å². The maximum Gasteiger partial charge on any atom is 0.236 e. The molecule has 0 atom stereocenters.